The summed E-state index contributed by atoms with van der Waals surface area (Å²) in [5, 5.41) is 17.2. The number of hydrogen-bond acceptors (Lipinski definition) is 6. The van der Waals surface area contributed by atoms with Crippen molar-refractivity contribution < 1.29 is 0 Å². The number of nitriles is 1. The van der Waals surface area contributed by atoms with Gasteiger partial charge in [-0.1, -0.05) is 32.1 Å². The molecule has 0 atom stereocenters. The van der Waals surface area contributed by atoms with Gasteiger partial charge in [0.25, 0.3) is 0 Å². The van der Waals surface area contributed by atoms with Crippen LogP contribution < -0.4 is 5.32 Å². The molecule has 7 heteroatoms. The number of anilines is 2. The van der Waals surface area contributed by atoms with E-state index >= 15 is 0 Å². The molecule has 0 aliphatic heterocycles. The van der Waals surface area contributed by atoms with Gasteiger partial charge in [-0.25, -0.2) is 19.6 Å². The lowest BCUT2D eigenvalue weighted by atomic mass is 9.84. The zero-order valence-electron chi connectivity index (χ0n) is 19.3. The average Bonchev–Trinajstić information content (AvgIpc) is 3.31. The van der Waals surface area contributed by atoms with Gasteiger partial charge < -0.3 is 5.32 Å². The number of nitrogens with one attached hydrogen (secondary N) is 1. The molecule has 0 spiro atoms. The van der Waals surface area contributed by atoms with E-state index in [0.29, 0.717) is 17.4 Å². The van der Waals surface area contributed by atoms with Crippen LogP contribution in [0, 0.1) is 24.2 Å². The Morgan fingerprint density at radius 1 is 1.03 bits per heavy atom. The molecule has 34 heavy (non-hydrogen) atoms. The highest BCUT2D eigenvalue weighted by molar-refractivity contribution is 5.65. The number of rotatable bonds is 6. The minimum absolute atomic E-state index is 0.512. The van der Waals surface area contributed by atoms with Crippen LogP contribution in [0.15, 0.2) is 61.1 Å². The molecule has 0 radical (unpaired) electrons. The molecular weight excluding hydrogens is 422 g/mol. The first-order valence-electron chi connectivity index (χ1n) is 11.8. The quantitative estimate of drug-likeness (QED) is 0.402. The van der Waals surface area contributed by atoms with Crippen LogP contribution in [0.3, 0.4) is 0 Å². The number of aryl methyl sites for hydroxylation is 1. The second-order valence-corrected chi connectivity index (χ2v) is 8.91. The molecule has 0 unspecified atom stereocenters. The third kappa shape index (κ3) is 5.12. The van der Waals surface area contributed by atoms with Gasteiger partial charge in [0, 0.05) is 17.4 Å². The number of nitrogens with zero attached hydrogens (tertiary/aromatic N) is 6. The summed E-state index contributed by atoms with van der Waals surface area (Å²) in [5.41, 5.74) is 5.45. The molecule has 0 amide bonds. The second kappa shape index (κ2) is 9.84. The van der Waals surface area contributed by atoms with Gasteiger partial charge in [0.15, 0.2) is 0 Å². The van der Waals surface area contributed by atoms with Crippen molar-refractivity contribution in [1.82, 2.24) is 24.7 Å². The minimum Gasteiger partial charge on any atom is -0.324 e. The maximum atomic E-state index is 9.59. The summed E-state index contributed by atoms with van der Waals surface area (Å²) in [5.74, 6) is 1.95. The van der Waals surface area contributed by atoms with Crippen molar-refractivity contribution >= 4 is 11.6 Å². The summed E-state index contributed by atoms with van der Waals surface area (Å²) >= 11 is 0. The predicted octanol–water partition coefficient (Wildman–Crippen LogP) is 5.77. The van der Waals surface area contributed by atoms with Crippen LogP contribution in [0.5, 0.6) is 0 Å². The molecule has 170 valence electrons. The fourth-order valence-corrected chi connectivity index (χ4v) is 4.62. The Balaban J connectivity index is 1.35. The number of benzene rings is 2. The highest BCUT2D eigenvalue weighted by atomic mass is 15.3. The first-order chi connectivity index (χ1) is 16.7. The van der Waals surface area contributed by atoms with Crippen molar-refractivity contribution in [2.24, 2.45) is 5.92 Å². The standard InChI is InChI=1S/C27H27N7/c1-19-30-18-34(33-19)25-9-7-24(8-10-25)31-27-29-12-11-26(32-27)23-15-21(14-22(16-23)17-28)13-20-5-3-2-4-6-20/h7-12,14-16,18,20H,2-6,13H2,1H3,(H,29,31,32). The largest absolute Gasteiger partial charge is 0.324 e. The van der Waals surface area contributed by atoms with Crippen LogP contribution in [0.2, 0.25) is 0 Å². The lowest BCUT2D eigenvalue weighted by molar-refractivity contribution is 0.356. The van der Waals surface area contributed by atoms with E-state index in [2.05, 4.69) is 32.5 Å². The van der Waals surface area contributed by atoms with Crippen LogP contribution in [0.4, 0.5) is 11.6 Å². The first-order valence-corrected chi connectivity index (χ1v) is 11.8. The molecule has 0 bridgehead atoms. The summed E-state index contributed by atoms with van der Waals surface area (Å²) in [6, 6.07) is 18.2. The Morgan fingerprint density at radius 3 is 2.59 bits per heavy atom. The molecule has 0 saturated heterocycles. The van der Waals surface area contributed by atoms with Gasteiger partial charge in [-0.05, 0) is 73.4 Å². The van der Waals surface area contributed by atoms with Crippen molar-refractivity contribution in [2.45, 2.75) is 45.4 Å². The molecule has 1 aliphatic rings. The van der Waals surface area contributed by atoms with Gasteiger partial charge in [-0.2, -0.15) is 10.4 Å². The topological polar surface area (TPSA) is 92.3 Å². The maximum Gasteiger partial charge on any atom is 0.227 e. The molecule has 2 heterocycles. The Bertz CT molecular complexity index is 1310. The fourth-order valence-electron chi connectivity index (χ4n) is 4.62. The molecule has 7 nitrogen and oxygen atoms in total. The molecular formula is C27H27N7. The maximum absolute atomic E-state index is 9.59. The van der Waals surface area contributed by atoms with Gasteiger partial charge in [0.1, 0.15) is 12.2 Å². The van der Waals surface area contributed by atoms with E-state index in [4.69, 9.17) is 4.98 Å². The molecule has 1 aliphatic carbocycles. The summed E-state index contributed by atoms with van der Waals surface area (Å²) in [4.78, 5) is 13.3. The van der Waals surface area contributed by atoms with Crippen molar-refractivity contribution in [2.75, 3.05) is 5.32 Å². The molecule has 5 rings (SSSR count). The Labute approximate surface area is 199 Å². The number of hydrogen-bond donors (Lipinski definition) is 1. The van der Waals surface area contributed by atoms with E-state index in [1.807, 2.05) is 49.4 Å². The predicted molar refractivity (Wildman–Crippen MR) is 132 cm³/mol. The van der Waals surface area contributed by atoms with E-state index < -0.39 is 0 Å². The Kier molecular flexibility index (Phi) is 6.30. The summed E-state index contributed by atoms with van der Waals surface area (Å²) < 4.78 is 1.74. The minimum atomic E-state index is 0.512. The van der Waals surface area contributed by atoms with Crippen LogP contribution >= 0.6 is 0 Å². The van der Waals surface area contributed by atoms with Crippen molar-refractivity contribution in [1.29, 1.82) is 5.26 Å². The third-order valence-electron chi connectivity index (χ3n) is 6.32. The van der Waals surface area contributed by atoms with Crippen LogP contribution in [-0.4, -0.2) is 24.7 Å². The third-order valence-corrected chi connectivity index (χ3v) is 6.32. The Morgan fingerprint density at radius 2 is 1.85 bits per heavy atom. The van der Waals surface area contributed by atoms with Crippen LogP contribution in [0.1, 0.15) is 49.1 Å². The van der Waals surface area contributed by atoms with E-state index in [1.54, 1.807) is 17.2 Å². The van der Waals surface area contributed by atoms with Gasteiger partial charge in [-0.3, -0.25) is 0 Å². The van der Waals surface area contributed by atoms with E-state index in [0.717, 1.165) is 34.9 Å². The molecule has 1 N–H and O–H groups in total. The monoisotopic (exact) mass is 449 g/mol. The van der Waals surface area contributed by atoms with Crippen molar-refractivity contribution in [3.8, 4) is 23.0 Å². The highest BCUT2D eigenvalue weighted by Crippen LogP contribution is 2.29. The molecule has 4 aromatic rings. The average molecular weight is 450 g/mol. The second-order valence-electron chi connectivity index (χ2n) is 8.91. The summed E-state index contributed by atoms with van der Waals surface area (Å²) in [7, 11) is 0. The Hall–Kier alpha value is -4.05. The van der Waals surface area contributed by atoms with Gasteiger partial charge in [0.05, 0.1) is 23.0 Å². The zero-order valence-corrected chi connectivity index (χ0v) is 19.3. The molecule has 1 saturated carbocycles. The fraction of sp³-hybridized carbons (Fsp3) is 0.296. The lowest BCUT2D eigenvalue weighted by Gasteiger charge is -2.21. The lowest BCUT2D eigenvalue weighted by Crippen LogP contribution is -2.09. The molecule has 2 aromatic carbocycles. The van der Waals surface area contributed by atoms with Gasteiger partial charge in [0.2, 0.25) is 5.95 Å². The molecule has 1 fully saturated rings. The SMILES string of the molecule is Cc1ncn(-c2ccc(Nc3nccc(-c4cc(C#N)cc(CC5CCCCC5)c4)n3)cc2)n1. The number of aromatic nitrogens is 5. The normalized spacial score (nSPS) is 14.0. The van der Waals surface area contributed by atoms with Crippen molar-refractivity contribution in [3.63, 3.8) is 0 Å². The van der Waals surface area contributed by atoms with Gasteiger partial charge >= 0.3 is 0 Å². The van der Waals surface area contributed by atoms with Crippen LogP contribution in [0.25, 0.3) is 16.9 Å². The smallest absolute Gasteiger partial charge is 0.227 e. The zero-order chi connectivity index (χ0) is 23.3. The molecule has 2 aromatic heterocycles. The van der Waals surface area contributed by atoms with E-state index in [9.17, 15) is 5.26 Å². The summed E-state index contributed by atoms with van der Waals surface area (Å²) in [6.07, 6.45) is 11.0. The first kappa shape index (κ1) is 21.8. The van der Waals surface area contributed by atoms with Crippen molar-refractivity contribution in [3.05, 3.63) is 78.0 Å². The highest BCUT2D eigenvalue weighted by Gasteiger charge is 2.15. The van der Waals surface area contributed by atoms with Crippen LogP contribution in [-0.2, 0) is 6.42 Å². The van der Waals surface area contributed by atoms with E-state index in [-0.39, 0.29) is 0 Å². The van der Waals surface area contributed by atoms with Gasteiger partial charge in [-0.15, -0.1) is 0 Å². The summed E-state index contributed by atoms with van der Waals surface area (Å²) in [6.45, 7) is 1.86. The van der Waals surface area contributed by atoms with E-state index in [1.165, 1.54) is 37.7 Å².